The van der Waals surface area contributed by atoms with Gasteiger partial charge in [0.05, 0.1) is 19.8 Å². The number of hydrogen-bond acceptors (Lipinski definition) is 4. The average Bonchev–Trinajstić information content (AvgIpc) is 2.29. The van der Waals surface area contributed by atoms with Crippen LogP contribution in [0.2, 0.25) is 0 Å². The molecule has 0 aromatic heterocycles. The van der Waals surface area contributed by atoms with Crippen molar-refractivity contribution in [3.63, 3.8) is 0 Å². The molecule has 2 amide bonds. The Morgan fingerprint density at radius 3 is 2.41 bits per heavy atom. The number of carbonyl (C=O) groups is 2. The zero-order valence-corrected chi connectivity index (χ0v) is 10.7. The van der Waals surface area contributed by atoms with Gasteiger partial charge in [0.25, 0.3) is 0 Å². The number of ether oxygens (including phenoxy) is 2. The standard InChI is InChI=1S/C11H22N2O4/c1-9(2)6-12-10(14)7-13-11(15)8-17-5-4-16-3/h9H,4-8H2,1-3H3,(H,12,14)(H,13,15). The SMILES string of the molecule is COCCOCC(=O)NCC(=O)NCC(C)C. The maximum absolute atomic E-state index is 11.2. The van der Waals surface area contributed by atoms with E-state index in [9.17, 15) is 9.59 Å². The van der Waals surface area contributed by atoms with Gasteiger partial charge in [0.15, 0.2) is 0 Å². The van der Waals surface area contributed by atoms with Crippen LogP contribution in [0.25, 0.3) is 0 Å². The van der Waals surface area contributed by atoms with Crippen LogP contribution in [0.4, 0.5) is 0 Å². The number of hydrogen-bond donors (Lipinski definition) is 2. The quantitative estimate of drug-likeness (QED) is 0.540. The van der Waals surface area contributed by atoms with Gasteiger partial charge in [0.1, 0.15) is 6.61 Å². The zero-order chi connectivity index (χ0) is 13.1. The Kier molecular flexibility index (Phi) is 9.37. The van der Waals surface area contributed by atoms with E-state index < -0.39 is 0 Å². The van der Waals surface area contributed by atoms with Crippen molar-refractivity contribution in [2.24, 2.45) is 5.92 Å². The second kappa shape index (κ2) is 10.0. The lowest BCUT2D eigenvalue weighted by Crippen LogP contribution is -2.39. The molecule has 0 unspecified atom stereocenters. The minimum Gasteiger partial charge on any atom is -0.382 e. The molecule has 0 aliphatic carbocycles. The van der Waals surface area contributed by atoms with E-state index >= 15 is 0 Å². The Morgan fingerprint density at radius 1 is 1.12 bits per heavy atom. The molecule has 0 aromatic carbocycles. The Morgan fingerprint density at radius 2 is 1.82 bits per heavy atom. The molecule has 0 aliphatic heterocycles. The molecule has 0 spiro atoms. The number of nitrogens with one attached hydrogen (secondary N) is 2. The molecular formula is C11H22N2O4. The molecule has 100 valence electrons. The van der Waals surface area contributed by atoms with Gasteiger partial charge in [0.2, 0.25) is 11.8 Å². The molecule has 2 N–H and O–H groups in total. The molecule has 0 fully saturated rings. The van der Waals surface area contributed by atoms with Crippen molar-refractivity contribution in [3.8, 4) is 0 Å². The first-order chi connectivity index (χ1) is 8.06. The molecule has 0 aliphatic rings. The molecule has 0 saturated carbocycles. The van der Waals surface area contributed by atoms with Crippen LogP contribution in [-0.2, 0) is 19.1 Å². The van der Waals surface area contributed by atoms with Gasteiger partial charge in [-0.2, -0.15) is 0 Å². The normalized spacial score (nSPS) is 10.4. The van der Waals surface area contributed by atoms with E-state index in [4.69, 9.17) is 9.47 Å². The highest BCUT2D eigenvalue weighted by molar-refractivity contribution is 5.85. The first-order valence-electron chi connectivity index (χ1n) is 5.66. The summed E-state index contributed by atoms with van der Waals surface area (Å²) >= 11 is 0. The van der Waals surface area contributed by atoms with Crippen molar-refractivity contribution >= 4 is 11.8 Å². The molecule has 0 radical (unpaired) electrons. The number of carbonyl (C=O) groups excluding carboxylic acids is 2. The third-order valence-corrected chi connectivity index (χ3v) is 1.82. The Balaban J connectivity index is 3.45. The van der Waals surface area contributed by atoms with Gasteiger partial charge in [-0.1, -0.05) is 13.8 Å². The van der Waals surface area contributed by atoms with Crippen LogP contribution in [0.1, 0.15) is 13.8 Å². The van der Waals surface area contributed by atoms with Crippen molar-refractivity contribution in [1.29, 1.82) is 0 Å². The maximum Gasteiger partial charge on any atom is 0.246 e. The third kappa shape index (κ3) is 11.1. The van der Waals surface area contributed by atoms with Gasteiger partial charge in [-0.15, -0.1) is 0 Å². The van der Waals surface area contributed by atoms with Crippen molar-refractivity contribution in [2.45, 2.75) is 13.8 Å². The van der Waals surface area contributed by atoms with Crippen molar-refractivity contribution in [1.82, 2.24) is 10.6 Å². The summed E-state index contributed by atoms with van der Waals surface area (Å²) in [6.07, 6.45) is 0. The monoisotopic (exact) mass is 246 g/mol. The molecule has 0 aromatic rings. The van der Waals surface area contributed by atoms with Crippen LogP contribution in [0, 0.1) is 5.92 Å². The molecule has 0 rings (SSSR count). The van der Waals surface area contributed by atoms with E-state index in [0.29, 0.717) is 25.7 Å². The van der Waals surface area contributed by atoms with Gasteiger partial charge in [-0.3, -0.25) is 9.59 Å². The topological polar surface area (TPSA) is 76.7 Å². The smallest absolute Gasteiger partial charge is 0.246 e. The van der Waals surface area contributed by atoms with Gasteiger partial charge in [0, 0.05) is 13.7 Å². The van der Waals surface area contributed by atoms with Crippen molar-refractivity contribution < 1.29 is 19.1 Å². The largest absolute Gasteiger partial charge is 0.382 e. The lowest BCUT2D eigenvalue weighted by Gasteiger charge is -2.08. The molecule has 0 saturated heterocycles. The summed E-state index contributed by atoms with van der Waals surface area (Å²) in [6.45, 7) is 5.36. The second-order valence-electron chi connectivity index (χ2n) is 4.02. The van der Waals surface area contributed by atoms with E-state index in [1.54, 1.807) is 7.11 Å². The number of amides is 2. The fourth-order valence-electron chi connectivity index (χ4n) is 0.917. The first kappa shape index (κ1) is 15.9. The maximum atomic E-state index is 11.2. The minimum absolute atomic E-state index is 0.0147. The highest BCUT2D eigenvalue weighted by atomic mass is 16.5. The third-order valence-electron chi connectivity index (χ3n) is 1.82. The summed E-state index contributed by atoms with van der Waals surface area (Å²) in [4.78, 5) is 22.4. The van der Waals surface area contributed by atoms with Gasteiger partial charge >= 0.3 is 0 Å². The fourth-order valence-corrected chi connectivity index (χ4v) is 0.917. The van der Waals surface area contributed by atoms with E-state index in [0.717, 1.165) is 0 Å². The lowest BCUT2D eigenvalue weighted by atomic mass is 10.2. The summed E-state index contributed by atoms with van der Waals surface area (Å²) in [7, 11) is 1.56. The first-order valence-corrected chi connectivity index (χ1v) is 5.66. The molecule has 0 heterocycles. The summed E-state index contributed by atoms with van der Waals surface area (Å²) in [5, 5.41) is 5.17. The lowest BCUT2D eigenvalue weighted by molar-refractivity contribution is -0.129. The zero-order valence-electron chi connectivity index (χ0n) is 10.7. The Hall–Kier alpha value is -1.14. The minimum atomic E-state index is -0.305. The van der Waals surface area contributed by atoms with Crippen molar-refractivity contribution in [2.75, 3.05) is 40.0 Å². The van der Waals surface area contributed by atoms with E-state index in [2.05, 4.69) is 10.6 Å². The molecule has 0 bridgehead atoms. The highest BCUT2D eigenvalue weighted by Gasteiger charge is 2.05. The predicted molar refractivity (Wildman–Crippen MR) is 63.6 cm³/mol. The van der Waals surface area contributed by atoms with Crippen LogP contribution in [0.5, 0.6) is 0 Å². The molecule has 0 atom stereocenters. The summed E-state index contributed by atoms with van der Waals surface area (Å²) in [5.41, 5.74) is 0. The Bertz CT molecular complexity index is 232. The van der Waals surface area contributed by atoms with Gasteiger partial charge in [-0.25, -0.2) is 0 Å². The van der Waals surface area contributed by atoms with Crippen LogP contribution >= 0.6 is 0 Å². The van der Waals surface area contributed by atoms with Crippen LogP contribution < -0.4 is 10.6 Å². The molecule has 6 heteroatoms. The number of methoxy groups -OCH3 is 1. The molecule has 17 heavy (non-hydrogen) atoms. The van der Waals surface area contributed by atoms with Crippen molar-refractivity contribution in [3.05, 3.63) is 0 Å². The molecule has 6 nitrogen and oxygen atoms in total. The highest BCUT2D eigenvalue weighted by Crippen LogP contribution is 1.86. The van der Waals surface area contributed by atoms with Gasteiger partial charge < -0.3 is 20.1 Å². The van der Waals surface area contributed by atoms with E-state index in [1.807, 2.05) is 13.8 Å². The predicted octanol–water partition coefficient (Wildman–Crippen LogP) is -0.462. The Labute approximate surface area is 102 Å². The van der Waals surface area contributed by atoms with Crippen LogP contribution in [0.3, 0.4) is 0 Å². The van der Waals surface area contributed by atoms with Crippen LogP contribution in [0.15, 0.2) is 0 Å². The van der Waals surface area contributed by atoms with E-state index in [1.165, 1.54) is 0 Å². The average molecular weight is 246 g/mol. The summed E-state index contributed by atoms with van der Waals surface area (Å²) < 4.78 is 9.75. The summed E-state index contributed by atoms with van der Waals surface area (Å²) in [5.74, 6) is -0.100. The number of rotatable bonds is 9. The fraction of sp³-hybridized carbons (Fsp3) is 0.818. The molecular weight excluding hydrogens is 224 g/mol. The van der Waals surface area contributed by atoms with Crippen LogP contribution in [-0.4, -0.2) is 51.8 Å². The van der Waals surface area contributed by atoms with Gasteiger partial charge in [-0.05, 0) is 5.92 Å². The van der Waals surface area contributed by atoms with E-state index in [-0.39, 0.29) is 25.0 Å². The second-order valence-corrected chi connectivity index (χ2v) is 4.02. The summed E-state index contributed by atoms with van der Waals surface area (Å²) in [6, 6.07) is 0.